The van der Waals surface area contributed by atoms with Gasteiger partial charge in [0.1, 0.15) is 0 Å². The van der Waals surface area contributed by atoms with Crippen LogP contribution in [-0.2, 0) is 19.1 Å². The first kappa shape index (κ1) is 30.7. The topological polar surface area (TPSA) is 126 Å². The summed E-state index contributed by atoms with van der Waals surface area (Å²) in [5, 5.41) is 22.9. The molecular weight excluding hydrogens is 548 g/mol. The molecule has 4 rings (SSSR count). The monoisotopic (exact) mass is 581 g/mol. The molecule has 0 aliphatic carbocycles. The van der Waals surface area contributed by atoms with E-state index >= 15 is 0 Å². The molecule has 0 saturated heterocycles. The van der Waals surface area contributed by atoms with Gasteiger partial charge in [-0.2, -0.15) is 15.2 Å². The molecule has 2 aromatic carbocycles. The Hall–Kier alpha value is -5.25. The lowest BCUT2D eigenvalue weighted by atomic mass is 10.1. The molecule has 3 aromatic rings. The summed E-state index contributed by atoms with van der Waals surface area (Å²) in [7, 11) is 0. The molecule has 10 heteroatoms. The van der Waals surface area contributed by atoms with E-state index in [2.05, 4.69) is 10.2 Å². The van der Waals surface area contributed by atoms with Crippen molar-refractivity contribution in [3.05, 3.63) is 102 Å². The molecule has 0 spiro atoms. The molecule has 2 atom stereocenters. The third-order valence-corrected chi connectivity index (χ3v) is 6.66. The Labute approximate surface area is 250 Å². The van der Waals surface area contributed by atoms with Crippen molar-refractivity contribution in [2.45, 2.75) is 52.7 Å². The Kier molecular flexibility index (Phi) is 10.1. The fourth-order valence-electron chi connectivity index (χ4n) is 3.93. The molecule has 1 aromatic heterocycles. The van der Waals surface area contributed by atoms with Crippen molar-refractivity contribution in [2.24, 2.45) is 5.10 Å². The summed E-state index contributed by atoms with van der Waals surface area (Å²) in [6.07, 6.45) is 8.05. The molecule has 2 unspecified atom stereocenters. The van der Waals surface area contributed by atoms with Gasteiger partial charge in [-0.3, -0.25) is 4.79 Å². The number of carbonyl (C=O) groups excluding carboxylic acids is 3. The van der Waals surface area contributed by atoms with E-state index in [0.717, 1.165) is 9.69 Å². The Morgan fingerprint density at radius 1 is 0.860 bits per heavy atom. The molecule has 0 N–H and O–H groups in total. The first-order valence-electron chi connectivity index (χ1n) is 14.1. The van der Waals surface area contributed by atoms with Crippen LogP contribution in [0, 0.1) is 0 Å². The number of para-hydroxylation sites is 2. The fourth-order valence-corrected chi connectivity index (χ4v) is 3.93. The number of benzene rings is 2. The number of amides is 1. The number of allylic oxidation sites excluding steroid dienone is 4. The minimum absolute atomic E-state index is 0.0565. The molecule has 1 aliphatic heterocycles. The van der Waals surface area contributed by atoms with E-state index in [0.29, 0.717) is 24.2 Å². The van der Waals surface area contributed by atoms with E-state index in [1.165, 1.54) is 24.3 Å². The number of hydrogen-bond acceptors (Lipinski definition) is 8. The summed E-state index contributed by atoms with van der Waals surface area (Å²) in [5.74, 6) is -2.39. The molecule has 1 aliphatic rings. The maximum atomic E-state index is 13.3. The molecule has 10 nitrogen and oxygen atoms in total. The second kappa shape index (κ2) is 14.1. The van der Waals surface area contributed by atoms with Gasteiger partial charge in [0.2, 0.25) is 0 Å². The van der Waals surface area contributed by atoms with Crippen LogP contribution in [0.4, 0.5) is 5.69 Å². The van der Waals surface area contributed by atoms with E-state index in [9.17, 15) is 19.5 Å². The van der Waals surface area contributed by atoms with E-state index < -0.39 is 23.7 Å². The van der Waals surface area contributed by atoms with Gasteiger partial charge in [0, 0.05) is 5.56 Å². The highest BCUT2D eigenvalue weighted by Gasteiger charge is 2.36. The number of nitrogens with zero attached hydrogens (tertiary/aromatic N) is 4. The molecular formula is C33H33N4O6-. The summed E-state index contributed by atoms with van der Waals surface area (Å²) in [5.41, 5.74) is 0.905. The predicted molar refractivity (Wildman–Crippen MR) is 162 cm³/mol. The average molecular weight is 582 g/mol. The van der Waals surface area contributed by atoms with Gasteiger partial charge in [-0.1, -0.05) is 74.5 Å². The highest BCUT2D eigenvalue weighted by molar-refractivity contribution is 6.53. The van der Waals surface area contributed by atoms with E-state index in [1.807, 2.05) is 26.0 Å². The van der Waals surface area contributed by atoms with E-state index in [-0.39, 0.29) is 34.8 Å². The third-order valence-electron chi connectivity index (χ3n) is 6.66. The summed E-state index contributed by atoms with van der Waals surface area (Å²) >= 11 is 0. The first-order valence-corrected chi connectivity index (χ1v) is 14.1. The number of anilines is 1. The number of hydrazone groups is 1. The lowest BCUT2D eigenvalue weighted by Crippen LogP contribution is -2.24. The van der Waals surface area contributed by atoms with E-state index in [4.69, 9.17) is 9.47 Å². The van der Waals surface area contributed by atoms with Crippen LogP contribution in [0.25, 0.3) is 11.8 Å². The lowest BCUT2D eigenvalue weighted by molar-refractivity contribution is -0.278. The average Bonchev–Trinajstić information content (AvgIpc) is 3.53. The second-order valence-corrected chi connectivity index (χ2v) is 9.79. The van der Waals surface area contributed by atoms with Gasteiger partial charge in [-0.25, -0.2) is 14.3 Å². The van der Waals surface area contributed by atoms with Crippen LogP contribution in [-0.4, -0.2) is 45.5 Å². The van der Waals surface area contributed by atoms with Crippen LogP contribution in [0.2, 0.25) is 0 Å². The van der Waals surface area contributed by atoms with Crippen LogP contribution < -0.4 is 10.1 Å². The third kappa shape index (κ3) is 7.16. The molecule has 0 saturated carbocycles. The van der Waals surface area contributed by atoms with Gasteiger partial charge >= 0.3 is 11.9 Å². The SMILES string of the molecule is CCC(C)OC(=O)C1=NN(c2ccccc2)C(=O)\C1=C/C=C/C=C/c1c(C(=O)OC(C)CC)nn(-c2ccccc2)c1[O-]. The van der Waals surface area contributed by atoms with Gasteiger partial charge in [0.05, 0.1) is 29.2 Å². The van der Waals surface area contributed by atoms with E-state index in [1.54, 1.807) is 68.5 Å². The first-order chi connectivity index (χ1) is 20.7. The zero-order valence-corrected chi connectivity index (χ0v) is 24.5. The highest BCUT2D eigenvalue weighted by Crippen LogP contribution is 2.26. The molecule has 1 amide bonds. The largest absolute Gasteiger partial charge is 0.858 e. The van der Waals surface area contributed by atoms with Crippen molar-refractivity contribution < 1.29 is 29.0 Å². The minimum atomic E-state index is -0.704. The number of rotatable bonds is 11. The Bertz CT molecular complexity index is 1590. The fraction of sp³-hybridized carbons (Fsp3) is 0.242. The smallest absolute Gasteiger partial charge is 0.359 e. The van der Waals surface area contributed by atoms with Crippen molar-refractivity contribution in [2.75, 3.05) is 5.01 Å². The van der Waals surface area contributed by atoms with Crippen LogP contribution in [0.15, 0.2) is 95.6 Å². The zero-order valence-electron chi connectivity index (χ0n) is 24.5. The molecule has 2 heterocycles. The Balaban J connectivity index is 1.63. The molecule has 43 heavy (non-hydrogen) atoms. The van der Waals surface area contributed by atoms with Crippen molar-refractivity contribution >= 4 is 35.3 Å². The van der Waals surface area contributed by atoms with Gasteiger partial charge in [0.25, 0.3) is 5.91 Å². The molecule has 0 fully saturated rings. The van der Waals surface area contributed by atoms with Gasteiger partial charge in [-0.05, 0) is 62.9 Å². The van der Waals surface area contributed by atoms with Crippen LogP contribution in [0.5, 0.6) is 5.88 Å². The van der Waals surface area contributed by atoms with Crippen molar-refractivity contribution in [1.82, 2.24) is 9.78 Å². The van der Waals surface area contributed by atoms with Gasteiger partial charge < -0.3 is 14.6 Å². The highest BCUT2D eigenvalue weighted by atomic mass is 16.5. The number of carbonyl (C=O) groups is 3. The quantitative estimate of drug-likeness (QED) is 0.174. The Morgan fingerprint density at radius 3 is 2.05 bits per heavy atom. The van der Waals surface area contributed by atoms with Crippen molar-refractivity contribution in [3.63, 3.8) is 0 Å². The van der Waals surface area contributed by atoms with Gasteiger partial charge in [-0.15, -0.1) is 0 Å². The summed E-state index contributed by atoms with van der Waals surface area (Å²) < 4.78 is 12.0. The van der Waals surface area contributed by atoms with Crippen LogP contribution in [0.1, 0.15) is 56.6 Å². The second-order valence-electron chi connectivity index (χ2n) is 9.79. The zero-order chi connectivity index (χ0) is 30.9. The van der Waals surface area contributed by atoms with Crippen LogP contribution >= 0.6 is 0 Å². The normalized spacial score (nSPS) is 15.7. The number of esters is 2. The Morgan fingerprint density at radius 2 is 1.44 bits per heavy atom. The van der Waals surface area contributed by atoms with Gasteiger partial charge in [0.15, 0.2) is 11.4 Å². The summed E-state index contributed by atoms with van der Waals surface area (Å²) in [4.78, 5) is 39.0. The van der Waals surface area contributed by atoms with Crippen molar-refractivity contribution in [1.29, 1.82) is 0 Å². The number of aromatic nitrogens is 2. The standard InChI is InChI=1S/C33H34N4O6/c1-5-22(3)42-32(40)28-26(30(38)36(34-28)24-16-10-7-11-17-24)20-14-9-15-21-27-29(33(41)43-23(4)6-2)35-37(31(27)39)25-18-12-8-13-19-25/h7-23,38H,5-6H2,1-4H3/p-1/b15-9+,20-14+,27-21-. The molecule has 222 valence electrons. The van der Waals surface area contributed by atoms with Crippen molar-refractivity contribution in [3.8, 4) is 11.6 Å². The van der Waals surface area contributed by atoms with Crippen LogP contribution in [0.3, 0.4) is 0 Å². The number of hydrogen-bond donors (Lipinski definition) is 0. The maximum Gasteiger partial charge on any atom is 0.359 e. The lowest BCUT2D eigenvalue weighted by Gasteiger charge is -2.11. The maximum absolute atomic E-state index is 13.3. The minimum Gasteiger partial charge on any atom is -0.858 e. The predicted octanol–water partition coefficient (Wildman–Crippen LogP) is 5.14. The molecule has 0 bridgehead atoms. The summed E-state index contributed by atoms with van der Waals surface area (Å²) in [6, 6.07) is 17.5. The summed E-state index contributed by atoms with van der Waals surface area (Å²) in [6.45, 7) is 7.28. The number of ether oxygens (including phenoxy) is 2. The molecule has 0 radical (unpaired) electrons.